The van der Waals surface area contributed by atoms with E-state index in [0.717, 1.165) is 22.4 Å². The van der Waals surface area contributed by atoms with Crippen molar-refractivity contribution in [1.82, 2.24) is 9.55 Å². The van der Waals surface area contributed by atoms with Crippen molar-refractivity contribution in [2.75, 3.05) is 0 Å². The summed E-state index contributed by atoms with van der Waals surface area (Å²) in [5.74, 6) is 0.197. The van der Waals surface area contributed by atoms with Gasteiger partial charge in [-0.25, -0.2) is 4.98 Å². The van der Waals surface area contributed by atoms with Crippen LogP contribution in [0.3, 0.4) is 0 Å². The largest absolute Gasteiger partial charge is 0.480 e. The molecule has 0 saturated carbocycles. The van der Waals surface area contributed by atoms with Crippen LogP contribution in [0.25, 0.3) is 11.0 Å². The fourth-order valence-electron chi connectivity index (χ4n) is 1.99. The predicted molar refractivity (Wildman–Crippen MR) is 66.2 cm³/mol. The number of carbonyl (C=O) groups is 1. The van der Waals surface area contributed by atoms with E-state index < -0.39 is 5.97 Å². The molecule has 0 saturated heterocycles. The molecule has 0 amide bonds. The molecular weight excluding hydrogens is 216 g/mol. The van der Waals surface area contributed by atoms with Gasteiger partial charge < -0.3 is 9.67 Å². The summed E-state index contributed by atoms with van der Waals surface area (Å²) in [5.41, 5.74) is 2.87. The molecule has 90 valence electrons. The number of carboxylic acids is 1. The highest BCUT2D eigenvalue weighted by Crippen LogP contribution is 2.22. The Morgan fingerprint density at radius 1 is 1.47 bits per heavy atom. The fraction of sp³-hybridized carbons (Fsp3) is 0.385. The molecule has 4 nitrogen and oxygen atoms in total. The summed E-state index contributed by atoms with van der Waals surface area (Å²) in [4.78, 5) is 15.4. The van der Waals surface area contributed by atoms with Crippen molar-refractivity contribution in [2.45, 2.75) is 33.2 Å². The molecule has 0 aliphatic carbocycles. The highest BCUT2D eigenvalue weighted by molar-refractivity contribution is 5.79. The van der Waals surface area contributed by atoms with Gasteiger partial charge in [-0.3, -0.25) is 4.79 Å². The normalized spacial score (nSPS) is 11.3. The Kier molecular flexibility index (Phi) is 2.88. The molecule has 0 bridgehead atoms. The van der Waals surface area contributed by atoms with E-state index in [9.17, 15) is 4.79 Å². The number of aromatic nitrogens is 2. The lowest BCUT2D eigenvalue weighted by Gasteiger charge is -2.08. The molecule has 4 heteroatoms. The highest BCUT2D eigenvalue weighted by atomic mass is 16.4. The molecule has 1 heterocycles. The third-order valence-electron chi connectivity index (χ3n) is 2.74. The van der Waals surface area contributed by atoms with Crippen molar-refractivity contribution in [3.8, 4) is 0 Å². The van der Waals surface area contributed by atoms with Crippen molar-refractivity contribution in [3.05, 3.63) is 29.6 Å². The van der Waals surface area contributed by atoms with Crippen molar-refractivity contribution >= 4 is 17.0 Å². The smallest absolute Gasteiger partial charge is 0.323 e. The van der Waals surface area contributed by atoms with Crippen LogP contribution in [-0.2, 0) is 11.3 Å². The zero-order chi connectivity index (χ0) is 12.6. The second-order valence-electron chi connectivity index (χ2n) is 4.60. The standard InChI is InChI=1S/C13H16N2O2/c1-8(2)13-14-10-5-4-9(3)6-11(10)15(13)7-12(16)17/h4-6,8H,7H2,1-3H3,(H,16,17). The van der Waals surface area contributed by atoms with E-state index in [2.05, 4.69) is 4.98 Å². The number of hydrogen-bond acceptors (Lipinski definition) is 2. The Hall–Kier alpha value is -1.84. The Morgan fingerprint density at radius 2 is 2.18 bits per heavy atom. The molecule has 0 atom stereocenters. The second-order valence-corrected chi connectivity index (χ2v) is 4.60. The van der Waals surface area contributed by atoms with Crippen molar-refractivity contribution in [1.29, 1.82) is 0 Å². The lowest BCUT2D eigenvalue weighted by atomic mass is 10.2. The van der Waals surface area contributed by atoms with Gasteiger partial charge in [0.05, 0.1) is 11.0 Å². The summed E-state index contributed by atoms with van der Waals surface area (Å²) in [7, 11) is 0. The summed E-state index contributed by atoms with van der Waals surface area (Å²) in [6.45, 7) is 6.00. The Balaban J connectivity index is 2.68. The van der Waals surface area contributed by atoms with Gasteiger partial charge in [0.1, 0.15) is 12.4 Å². The van der Waals surface area contributed by atoms with Crippen LogP contribution in [0.2, 0.25) is 0 Å². The van der Waals surface area contributed by atoms with E-state index in [1.54, 1.807) is 4.57 Å². The van der Waals surface area contributed by atoms with Crippen LogP contribution in [0.5, 0.6) is 0 Å². The minimum atomic E-state index is -0.840. The monoisotopic (exact) mass is 232 g/mol. The van der Waals surface area contributed by atoms with E-state index in [0.29, 0.717) is 0 Å². The molecule has 0 radical (unpaired) electrons. The summed E-state index contributed by atoms with van der Waals surface area (Å²) in [6, 6.07) is 5.91. The molecular formula is C13H16N2O2. The van der Waals surface area contributed by atoms with E-state index >= 15 is 0 Å². The van der Waals surface area contributed by atoms with Crippen LogP contribution in [0, 0.1) is 6.92 Å². The number of aliphatic carboxylic acids is 1. The van der Waals surface area contributed by atoms with E-state index in [-0.39, 0.29) is 12.5 Å². The minimum absolute atomic E-state index is 0.0343. The number of nitrogens with zero attached hydrogens (tertiary/aromatic N) is 2. The minimum Gasteiger partial charge on any atom is -0.480 e. The molecule has 0 aliphatic rings. The molecule has 0 aliphatic heterocycles. The van der Waals surface area contributed by atoms with E-state index in [1.807, 2.05) is 39.0 Å². The number of imidazole rings is 1. The Morgan fingerprint density at radius 3 is 2.76 bits per heavy atom. The maximum atomic E-state index is 10.9. The van der Waals surface area contributed by atoms with Gasteiger partial charge in [0.15, 0.2) is 0 Å². The first kappa shape index (κ1) is 11.6. The second kappa shape index (κ2) is 4.20. The predicted octanol–water partition coefficient (Wildman–Crippen LogP) is 2.55. The molecule has 1 aromatic carbocycles. The van der Waals surface area contributed by atoms with Crippen LogP contribution < -0.4 is 0 Å². The maximum Gasteiger partial charge on any atom is 0.323 e. The van der Waals surface area contributed by atoms with Gasteiger partial charge in [-0.1, -0.05) is 19.9 Å². The van der Waals surface area contributed by atoms with Gasteiger partial charge >= 0.3 is 5.97 Å². The quantitative estimate of drug-likeness (QED) is 0.884. The summed E-state index contributed by atoms with van der Waals surface area (Å²) in [5, 5.41) is 8.97. The summed E-state index contributed by atoms with van der Waals surface area (Å²) in [6.07, 6.45) is 0. The first-order valence-electron chi connectivity index (χ1n) is 5.67. The van der Waals surface area contributed by atoms with Gasteiger partial charge in [0.25, 0.3) is 0 Å². The van der Waals surface area contributed by atoms with Gasteiger partial charge in [0, 0.05) is 5.92 Å². The molecule has 1 aromatic heterocycles. The third kappa shape index (κ3) is 2.16. The van der Waals surface area contributed by atoms with E-state index in [4.69, 9.17) is 5.11 Å². The van der Waals surface area contributed by atoms with Crippen LogP contribution in [0.1, 0.15) is 31.2 Å². The van der Waals surface area contributed by atoms with Gasteiger partial charge in [-0.2, -0.15) is 0 Å². The molecule has 17 heavy (non-hydrogen) atoms. The first-order chi connectivity index (χ1) is 7.99. The average molecular weight is 232 g/mol. The molecule has 0 unspecified atom stereocenters. The molecule has 0 spiro atoms. The van der Waals surface area contributed by atoms with Crippen LogP contribution in [-0.4, -0.2) is 20.6 Å². The Bertz CT molecular complexity index is 570. The SMILES string of the molecule is Cc1ccc2nc(C(C)C)n(CC(=O)O)c2c1. The molecule has 1 N–H and O–H groups in total. The number of hydrogen-bond donors (Lipinski definition) is 1. The highest BCUT2D eigenvalue weighted by Gasteiger charge is 2.15. The number of benzene rings is 1. The van der Waals surface area contributed by atoms with Gasteiger partial charge in [-0.05, 0) is 24.6 Å². The fourth-order valence-corrected chi connectivity index (χ4v) is 1.99. The van der Waals surface area contributed by atoms with Crippen LogP contribution in [0.4, 0.5) is 0 Å². The van der Waals surface area contributed by atoms with Crippen LogP contribution >= 0.6 is 0 Å². The van der Waals surface area contributed by atoms with Crippen molar-refractivity contribution in [2.24, 2.45) is 0 Å². The molecule has 0 fully saturated rings. The third-order valence-corrected chi connectivity index (χ3v) is 2.74. The molecule has 2 rings (SSSR count). The van der Waals surface area contributed by atoms with Crippen molar-refractivity contribution in [3.63, 3.8) is 0 Å². The first-order valence-corrected chi connectivity index (χ1v) is 5.67. The van der Waals surface area contributed by atoms with Crippen LogP contribution in [0.15, 0.2) is 18.2 Å². The topological polar surface area (TPSA) is 55.1 Å². The average Bonchev–Trinajstić information content (AvgIpc) is 2.56. The van der Waals surface area contributed by atoms with Gasteiger partial charge in [0.2, 0.25) is 0 Å². The number of carboxylic acid groups (broad SMARTS) is 1. The molecule has 2 aromatic rings. The summed E-state index contributed by atoms with van der Waals surface area (Å²) >= 11 is 0. The van der Waals surface area contributed by atoms with Gasteiger partial charge in [-0.15, -0.1) is 0 Å². The zero-order valence-electron chi connectivity index (χ0n) is 10.3. The Labute approximate surface area is 99.9 Å². The number of aryl methyl sites for hydroxylation is 1. The number of rotatable bonds is 3. The number of fused-ring (bicyclic) bond motifs is 1. The summed E-state index contributed by atoms with van der Waals surface area (Å²) < 4.78 is 1.79. The lowest BCUT2D eigenvalue weighted by Crippen LogP contribution is -2.12. The van der Waals surface area contributed by atoms with Crippen molar-refractivity contribution < 1.29 is 9.90 Å². The lowest BCUT2D eigenvalue weighted by molar-refractivity contribution is -0.137. The van der Waals surface area contributed by atoms with E-state index in [1.165, 1.54) is 0 Å². The zero-order valence-corrected chi connectivity index (χ0v) is 10.3. The maximum absolute atomic E-state index is 10.9.